The number of hydrogen-bond donors (Lipinski definition) is 1. The molecule has 0 aliphatic rings. The standard InChI is InChI=1S/C19H14N6O2S/c1-28(26,27)14-5-3-13(4-6-14)16-10-22-18(21)19(24-16)25-11-23-15-7-2-12(9-20)8-17(15)25/h2-8,10-11H,1H3,(H2,21,22). The zero-order valence-electron chi connectivity index (χ0n) is 14.7. The number of anilines is 1. The fourth-order valence-corrected chi connectivity index (χ4v) is 3.45. The second-order valence-corrected chi connectivity index (χ2v) is 8.21. The molecule has 28 heavy (non-hydrogen) atoms. The Hall–Kier alpha value is -3.77. The molecule has 2 N–H and O–H groups in total. The molecule has 8 nitrogen and oxygen atoms in total. The van der Waals surface area contributed by atoms with Gasteiger partial charge in [-0.05, 0) is 30.3 Å². The highest BCUT2D eigenvalue weighted by Gasteiger charge is 2.13. The maximum Gasteiger partial charge on any atom is 0.182 e. The lowest BCUT2D eigenvalue weighted by atomic mass is 10.1. The summed E-state index contributed by atoms with van der Waals surface area (Å²) in [5.74, 6) is 0.584. The van der Waals surface area contributed by atoms with Crippen molar-refractivity contribution in [3.8, 4) is 23.1 Å². The number of nitrogens with two attached hydrogens (primary N) is 1. The lowest BCUT2D eigenvalue weighted by Gasteiger charge is -2.09. The molecule has 0 aliphatic heterocycles. The number of hydrogen-bond acceptors (Lipinski definition) is 7. The predicted octanol–water partition coefficient (Wildman–Crippen LogP) is 2.34. The fraction of sp³-hybridized carbons (Fsp3) is 0.0526. The van der Waals surface area contributed by atoms with Crippen LogP contribution < -0.4 is 5.73 Å². The first-order chi connectivity index (χ1) is 13.4. The highest BCUT2D eigenvalue weighted by molar-refractivity contribution is 7.90. The maximum atomic E-state index is 11.6. The number of imidazole rings is 1. The van der Waals surface area contributed by atoms with Gasteiger partial charge in [-0.25, -0.2) is 23.4 Å². The molecule has 138 valence electrons. The van der Waals surface area contributed by atoms with Crippen LogP contribution in [0.15, 0.2) is 59.9 Å². The minimum Gasteiger partial charge on any atom is -0.381 e. The number of nitriles is 1. The van der Waals surface area contributed by atoms with Crippen LogP contribution in [0.25, 0.3) is 28.1 Å². The summed E-state index contributed by atoms with van der Waals surface area (Å²) < 4.78 is 24.9. The molecule has 0 bridgehead atoms. The monoisotopic (exact) mass is 390 g/mol. The Morgan fingerprint density at radius 1 is 1.11 bits per heavy atom. The van der Waals surface area contributed by atoms with Crippen LogP contribution in [0.3, 0.4) is 0 Å². The molecule has 2 heterocycles. The molecule has 0 radical (unpaired) electrons. The molecule has 0 unspecified atom stereocenters. The number of rotatable bonds is 3. The van der Waals surface area contributed by atoms with E-state index in [0.29, 0.717) is 33.7 Å². The normalized spacial score (nSPS) is 11.4. The van der Waals surface area contributed by atoms with Gasteiger partial charge < -0.3 is 5.73 Å². The van der Waals surface area contributed by atoms with Crippen LogP contribution in [0, 0.1) is 11.3 Å². The number of nitrogens with zero attached hydrogens (tertiary/aromatic N) is 5. The second-order valence-electron chi connectivity index (χ2n) is 6.19. The summed E-state index contributed by atoms with van der Waals surface area (Å²) in [6.45, 7) is 0. The number of nitrogen functional groups attached to an aromatic ring is 1. The molecular weight excluding hydrogens is 376 g/mol. The molecule has 0 saturated heterocycles. The summed E-state index contributed by atoms with van der Waals surface area (Å²) in [5, 5.41) is 9.15. The Bertz CT molecular complexity index is 1350. The van der Waals surface area contributed by atoms with Gasteiger partial charge in [0.2, 0.25) is 0 Å². The molecule has 4 aromatic rings. The molecule has 2 aromatic heterocycles. The van der Waals surface area contributed by atoms with Crippen molar-refractivity contribution in [1.82, 2.24) is 19.5 Å². The van der Waals surface area contributed by atoms with Gasteiger partial charge in [-0.1, -0.05) is 12.1 Å². The van der Waals surface area contributed by atoms with Crippen molar-refractivity contribution in [2.45, 2.75) is 4.90 Å². The summed E-state index contributed by atoms with van der Waals surface area (Å²) in [4.78, 5) is 13.3. The molecule has 9 heteroatoms. The molecule has 0 atom stereocenters. The zero-order chi connectivity index (χ0) is 19.9. The summed E-state index contributed by atoms with van der Waals surface area (Å²) in [5.41, 5.74) is 9.14. The third-order valence-corrected chi connectivity index (χ3v) is 5.39. The van der Waals surface area contributed by atoms with Crippen molar-refractivity contribution in [2.75, 3.05) is 12.0 Å². The van der Waals surface area contributed by atoms with Gasteiger partial charge in [-0.2, -0.15) is 5.26 Å². The smallest absolute Gasteiger partial charge is 0.182 e. The van der Waals surface area contributed by atoms with Gasteiger partial charge in [0.25, 0.3) is 0 Å². The topological polar surface area (TPSA) is 128 Å². The quantitative estimate of drug-likeness (QED) is 0.568. The molecule has 0 spiro atoms. The minimum absolute atomic E-state index is 0.207. The van der Waals surface area contributed by atoms with Crippen molar-refractivity contribution >= 4 is 26.7 Å². The Kier molecular flexibility index (Phi) is 4.05. The Morgan fingerprint density at radius 2 is 1.86 bits per heavy atom. The predicted molar refractivity (Wildman–Crippen MR) is 104 cm³/mol. The van der Waals surface area contributed by atoms with E-state index in [4.69, 9.17) is 11.0 Å². The lowest BCUT2D eigenvalue weighted by molar-refractivity contribution is 0.602. The number of fused-ring (bicyclic) bond motifs is 1. The zero-order valence-corrected chi connectivity index (χ0v) is 15.6. The first-order valence-electron chi connectivity index (χ1n) is 8.17. The van der Waals surface area contributed by atoms with E-state index in [9.17, 15) is 8.42 Å². The van der Waals surface area contributed by atoms with Gasteiger partial charge in [0, 0.05) is 11.8 Å². The summed E-state index contributed by atoms with van der Waals surface area (Å²) >= 11 is 0. The van der Waals surface area contributed by atoms with Gasteiger partial charge in [0.15, 0.2) is 21.5 Å². The van der Waals surface area contributed by atoms with Crippen LogP contribution in [0.5, 0.6) is 0 Å². The van der Waals surface area contributed by atoms with E-state index in [1.807, 2.05) is 0 Å². The van der Waals surface area contributed by atoms with E-state index >= 15 is 0 Å². The average Bonchev–Trinajstić information content (AvgIpc) is 3.10. The molecule has 0 aliphatic carbocycles. The van der Waals surface area contributed by atoms with E-state index < -0.39 is 9.84 Å². The van der Waals surface area contributed by atoms with Gasteiger partial charge in [0.05, 0.1) is 39.5 Å². The molecule has 4 rings (SSSR count). The minimum atomic E-state index is -3.28. The van der Waals surface area contributed by atoms with Crippen LogP contribution in [0.4, 0.5) is 5.82 Å². The molecule has 0 fully saturated rings. The van der Waals surface area contributed by atoms with Crippen molar-refractivity contribution in [1.29, 1.82) is 5.26 Å². The third kappa shape index (κ3) is 3.06. The number of sulfone groups is 1. The van der Waals surface area contributed by atoms with E-state index in [2.05, 4.69) is 21.0 Å². The summed E-state index contributed by atoms with van der Waals surface area (Å²) in [6, 6.07) is 13.6. The maximum absolute atomic E-state index is 11.6. The van der Waals surface area contributed by atoms with Gasteiger partial charge in [-0.3, -0.25) is 4.57 Å². The first kappa shape index (κ1) is 17.6. The van der Waals surface area contributed by atoms with Gasteiger partial charge in [-0.15, -0.1) is 0 Å². The van der Waals surface area contributed by atoms with Crippen molar-refractivity contribution in [2.24, 2.45) is 0 Å². The van der Waals surface area contributed by atoms with Crippen LogP contribution in [0.2, 0.25) is 0 Å². The van der Waals surface area contributed by atoms with E-state index in [1.165, 1.54) is 18.3 Å². The first-order valence-corrected chi connectivity index (χ1v) is 10.1. The van der Waals surface area contributed by atoms with Gasteiger partial charge in [0.1, 0.15) is 6.33 Å². The molecule has 0 amide bonds. The summed E-state index contributed by atoms with van der Waals surface area (Å²) in [7, 11) is -3.28. The van der Waals surface area contributed by atoms with Crippen molar-refractivity contribution in [3.05, 3.63) is 60.6 Å². The third-order valence-electron chi connectivity index (χ3n) is 4.26. The van der Waals surface area contributed by atoms with Crippen LogP contribution >= 0.6 is 0 Å². The van der Waals surface area contributed by atoms with Crippen LogP contribution in [-0.4, -0.2) is 34.2 Å². The SMILES string of the molecule is CS(=O)(=O)c1ccc(-c2cnc(N)c(-n3cnc4ccc(C#N)cc43)n2)cc1. The van der Waals surface area contributed by atoms with Gasteiger partial charge >= 0.3 is 0 Å². The van der Waals surface area contributed by atoms with Crippen LogP contribution in [0.1, 0.15) is 5.56 Å². The Labute approximate surface area is 160 Å². The Balaban J connectivity index is 1.84. The van der Waals surface area contributed by atoms with Crippen molar-refractivity contribution < 1.29 is 8.42 Å². The van der Waals surface area contributed by atoms with E-state index in [1.54, 1.807) is 41.2 Å². The summed E-state index contributed by atoms with van der Waals surface area (Å²) in [6.07, 6.45) is 4.25. The number of benzene rings is 2. The average molecular weight is 390 g/mol. The van der Waals surface area contributed by atoms with E-state index in [0.717, 1.165) is 6.26 Å². The number of aromatic nitrogens is 4. The second kappa shape index (κ2) is 6.44. The molecule has 0 saturated carbocycles. The Morgan fingerprint density at radius 3 is 2.54 bits per heavy atom. The molecule has 2 aromatic carbocycles. The van der Waals surface area contributed by atoms with Crippen molar-refractivity contribution in [3.63, 3.8) is 0 Å². The van der Waals surface area contributed by atoms with Crippen LogP contribution in [-0.2, 0) is 9.84 Å². The lowest BCUT2D eigenvalue weighted by Crippen LogP contribution is -2.05. The largest absolute Gasteiger partial charge is 0.381 e. The highest BCUT2D eigenvalue weighted by atomic mass is 32.2. The fourth-order valence-electron chi connectivity index (χ4n) is 2.82. The molecular formula is C19H14N6O2S. The highest BCUT2D eigenvalue weighted by Crippen LogP contribution is 2.25. The van der Waals surface area contributed by atoms with E-state index in [-0.39, 0.29) is 10.7 Å².